The first kappa shape index (κ1) is 21.6. The maximum Gasteiger partial charge on any atom is 0.191 e. The van der Waals surface area contributed by atoms with Crippen LogP contribution >= 0.6 is 11.3 Å². The van der Waals surface area contributed by atoms with Gasteiger partial charge in [-0.2, -0.15) is 0 Å². The third kappa shape index (κ3) is 6.75. The van der Waals surface area contributed by atoms with Crippen molar-refractivity contribution in [1.82, 2.24) is 20.4 Å². The molecule has 0 bridgehead atoms. The van der Waals surface area contributed by atoms with Gasteiger partial charge >= 0.3 is 0 Å². The minimum Gasteiger partial charge on any atom is -0.356 e. The Hall–Kier alpha value is -1.11. The van der Waals surface area contributed by atoms with Crippen molar-refractivity contribution in [2.45, 2.75) is 51.5 Å². The van der Waals surface area contributed by atoms with Crippen LogP contribution in [0.5, 0.6) is 0 Å². The molecule has 0 saturated carbocycles. The molecule has 2 fully saturated rings. The second-order valence-corrected chi connectivity index (χ2v) is 9.39. The molecule has 3 rings (SSSR count). The Balaban J connectivity index is 1.35. The van der Waals surface area contributed by atoms with Gasteiger partial charge in [0.05, 0.1) is 6.04 Å². The van der Waals surface area contributed by atoms with Crippen molar-refractivity contribution in [3.8, 4) is 0 Å². The third-order valence-corrected chi connectivity index (χ3v) is 7.05. The van der Waals surface area contributed by atoms with Crippen LogP contribution in [0.1, 0.15) is 56.4 Å². The number of guanidine groups is 1. The molecule has 0 aliphatic carbocycles. The molecule has 2 unspecified atom stereocenters. The van der Waals surface area contributed by atoms with Crippen molar-refractivity contribution >= 4 is 17.3 Å². The smallest absolute Gasteiger partial charge is 0.191 e. The molecule has 2 aliphatic heterocycles. The number of thiophene rings is 1. The van der Waals surface area contributed by atoms with Crippen LogP contribution in [0, 0.1) is 5.92 Å². The molecule has 6 heteroatoms. The Morgan fingerprint density at radius 2 is 2.07 bits per heavy atom. The molecule has 2 saturated heterocycles. The van der Waals surface area contributed by atoms with Gasteiger partial charge in [-0.1, -0.05) is 13.0 Å². The highest BCUT2D eigenvalue weighted by Crippen LogP contribution is 2.27. The highest BCUT2D eigenvalue weighted by Gasteiger charge is 2.24. The number of unbranched alkanes of at least 4 members (excludes halogenated alkanes) is 1. The molecule has 1 aromatic heterocycles. The standard InChI is InChI=1S/C22H39N5S/c1-19-9-7-13-26(18-19)12-4-3-11-24-22(23-2)25-17-20(21-10-8-16-28-21)27-14-5-6-15-27/h8,10,16,19-20H,3-7,9,11-15,17-18H2,1-2H3,(H2,23,24,25). The molecule has 1 aromatic rings. The van der Waals surface area contributed by atoms with Crippen LogP contribution in [0.4, 0.5) is 0 Å². The van der Waals surface area contributed by atoms with Gasteiger partial charge in [-0.25, -0.2) is 0 Å². The van der Waals surface area contributed by atoms with Gasteiger partial charge in [-0.3, -0.25) is 9.89 Å². The van der Waals surface area contributed by atoms with E-state index in [0.29, 0.717) is 6.04 Å². The molecular formula is C22H39N5S. The van der Waals surface area contributed by atoms with E-state index in [2.05, 4.69) is 49.9 Å². The van der Waals surface area contributed by atoms with E-state index in [1.165, 1.54) is 76.1 Å². The lowest BCUT2D eigenvalue weighted by Gasteiger charge is -2.30. The number of hydrogen-bond donors (Lipinski definition) is 2. The highest BCUT2D eigenvalue weighted by atomic mass is 32.1. The Bertz CT molecular complexity index is 567. The second-order valence-electron chi connectivity index (χ2n) is 8.41. The fraction of sp³-hybridized carbons (Fsp3) is 0.773. The molecule has 2 atom stereocenters. The molecule has 0 radical (unpaired) electrons. The summed E-state index contributed by atoms with van der Waals surface area (Å²) in [6.07, 6.45) is 7.89. The van der Waals surface area contributed by atoms with Crippen LogP contribution in [0.15, 0.2) is 22.5 Å². The second kappa shape index (κ2) is 11.8. The minimum absolute atomic E-state index is 0.460. The monoisotopic (exact) mass is 405 g/mol. The van der Waals surface area contributed by atoms with Crippen molar-refractivity contribution in [3.63, 3.8) is 0 Å². The van der Waals surface area contributed by atoms with E-state index in [0.717, 1.165) is 25.0 Å². The van der Waals surface area contributed by atoms with Crippen LogP contribution in [0.3, 0.4) is 0 Å². The fourth-order valence-electron chi connectivity index (χ4n) is 4.51. The molecule has 5 nitrogen and oxygen atoms in total. The van der Waals surface area contributed by atoms with Gasteiger partial charge in [0.2, 0.25) is 0 Å². The van der Waals surface area contributed by atoms with Crippen molar-refractivity contribution in [3.05, 3.63) is 22.4 Å². The number of hydrogen-bond acceptors (Lipinski definition) is 4. The van der Waals surface area contributed by atoms with Crippen molar-refractivity contribution in [2.24, 2.45) is 10.9 Å². The number of piperidine rings is 1. The summed E-state index contributed by atoms with van der Waals surface area (Å²) in [5.41, 5.74) is 0. The first-order valence-corrected chi connectivity index (χ1v) is 12.1. The largest absolute Gasteiger partial charge is 0.356 e. The molecule has 3 heterocycles. The molecule has 0 spiro atoms. The maximum atomic E-state index is 4.43. The van der Waals surface area contributed by atoms with Crippen LogP contribution in [0.2, 0.25) is 0 Å². The first-order valence-electron chi connectivity index (χ1n) is 11.2. The summed E-state index contributed by atoms with van der Waals surface area (Å²) in [6, 6.07) is 4.90. The molecule has 0 aromatic carbocycles. The predicted octanol–water partition coefficient (Wildman–Crippen LogP) is 3.56. The normalized spacial score (nSPS) is 23.1. The lowest BCUT2D eigenvalue weighted by Crippen LogP contribution is -2.43. The Morgan fingerprint density at radius 1 is 1.21 bits per heavy atom. The summed E-state index contributed by atoms with van der Waals surface area (Å²) in [6.45, 7) is 10.6. The maximum absolute atomic E-state index is 4.43. The van der Waals surface area contributed by atoms with E-state index in [1.54, 1.807) is 0 Å². The first-order chi connectivity index (χ1) is 13.8. The van der Waals surface area contributed by atoms with Crippen molar-refractivity contribution in [1.29, 1.82) is 0 Å². The van der Waals surface area contributed by atoms with E-state index >= 15 is 0 Å². The molecule has 158 valence electrons. The third-order valence-electron chi connectivity index (χ3n) is 6.07. The summed E-state index contributed by atoms with van der Waals surface area (Å²) in [5.74, 6) is 1.81. The zero-order valence-electron chi connectivity index (χ0n) is 17.8. The van der Waals surface area contributed by atoms with E-state index in [4.69, 9.17) is 0 Å². The fourth-order valence-corrected chi connectivity index (χ4v) is 5.38. The number of likely N-dealkylation sites (tertiary alicyclic amines) is 2. The van der Waals surface area contributed by atoms with E-state index in [9.17, 15) is 0 Å². The van der Waals surface area contributed by atoms with Crippen LogP contribution in [-0.2, 0) is 0 Å². The lowest BCUT2D eigenvalue weighted by atomic mass is 10.0. The van der Waals surface area contributed by atoms with Crippen LogP contribution in [-0.4, -0.2) is 68.6 Å². The van der Waals surface area contributed by atoms with Gasteiger partial charge < -0.3 is 15.5 Å². The summed E-state index contributed by atoms with van der Waals surface area (Å²) >= 11 is 1.87. The Morgan fingerprint density at radius 3 is 2.79 bits per heavy atom. The van der Waals surface area contributed by atoms with Crippen LogP contribution < -0.4 is 10.6 Å². The summed E-state index contributed by atoms with van der Waals surface area (Å²) in [5, 5.41) is 9.28. The predicted molar refractivity (Wildman–Crippen MR) is 121 cm³/mol. The minimum atomic E-state index is 0.460. The van der Waals surface area contributed by atoms with Crippen LogP contribution in [0.25, 0.3) is 0 Å². The van der Waals surface area contributed by atoms with E-state index < -0.39 is 0 Å². The average Bonchev–Trinajstić information content (AvgIpc) is 3.41. The summed E-state index contributed by atoms with van der Waals surface area (Å²) in [4.78, 5) is 11.2. The number of aliphatic imine (C=N–C) groups is 1. The van der Waals surface area contributed by atoms with Gasteiger partial charge in [-0.15, -0.1) is 11.3 Å². The quantitative estimate of drug-likeness (QED) is 0.374. The average molecular weight is 406 g/mol. The molecule has 2 aliphatic rings. The molecular weight excluding hydrogens is 366 g/mol. The van der Waals surface area contributed by atoms with Gasteiger partial charge in [0.25, 0.3) is 0 Å². The van der Waals surface area contributed by atoms with Gasteiger partial charge in [0.15, 0.2) is 5.96 Å². The molecule has 0 amide bonds. The van der Waals surface area contributed by atoms with Crippen molar-refractivity contribution < 1.29 is 0 Å². The zero-order valence-corrected chi connectivity index (χ0v) is 18.6. The van der Waals surface area contributed by atoms with E-state index in [-0.39, 0.29) is 0 Å². The summed E-state index contributed by atoms with van der Waals surface area (Å²) in [7, 11) is 1.88. The van der Waals surface area contributed by atoms with Crippen molar-refractivity contribution in [2.75, 3.05) is 52.9 Å². The highest BCUT2D eigenvalue weighted by molar-refractivity contribution is 7.10. The molecule has 2 N–H and O–H groups in total. The Kier molecular flexibility index (Phi) is 9.09. The van der Waals surface area contributed by atoms with E-state index in [1.807, 2.05) is 18.4 Å². The SMILES string of the molecule is CN=C(NCCCCN1CCCC(C)C1)NCC(c1cccs1)N1CCCC1. The molecule has 28 heavy (non-hydrogen) atoms. The number of nitrogens with one attached hydrogen (secondary N) is 2. The van der Waals surface area contributed by atoms with Gasteiger partial charge in [0.1, 0.15) is 0 Å². The lowest BCUT2D eigenvalue weighted by molar-refractivity contribution is 0.181. The summed E-state index contributed by atoms with van der Waals surface area (Å²) < 4.78 is 0. The zero-order chi connectivity index (χ0) is 19.6. The number of nitrogens with zero attached hydrogens (tertiary/aromatic N) is 3. The topological polar surface area (TPSA) is 42.9 Å². The number of rotatable bonds is 9. The van der Waals surface area contributed by atoms with Gasteiger partial charge in [0, 0.05) is 31.6 Å². The van der Waals surface area contributed by atoms with Gasteiger partial charge in [-0.05, 0) is 82.1 Å². The Labute approximate surface area is 175 Å².